The van der Waals surface area contributed by atoms with E-state index in [4.69, 9.17) is 10.5 Å². The molecular weight excluding hydrogens is 368 g/mol. The Kier molecular flexibility index (Phi) is 5.00. The molecule has 4 N–H and O–H groups in total. The fourth-order valence-corrected chi connectivity index (χ4v) is 3.07. The number of amides is 1. The molecule has 0 atom stereocenters. The van der Waals surface area contributed by atoms with E-state index in [1.54, 1.807) is 38.3 Å². The molecule has 0 saturated heterocycles. The van der Waals surface area contributed by atoms with E-state index in [-0.39, 0.29) is 6.54 Å². The van der Waals surface area contributed by atoms with Crippen LogP contribution in [-0.2, 0) is 9.53 Å². The number of hydrogen-bond donors (Lipinski definition) is 3. The monoisotopic (exact) mass is 388 g/mol. The Morgan fingerprint density at radius 2 is 2.22 bits per heavy atom. The smallest absolute Gasteiger partial charge is 0.417 e. The Labute approximate surface area is 159 Å². The molecule has 1 amide bonds. The largest absolute Gasteiger partial charge is 0.443 e. The average molecular weight is 388 g/mol. The fourth-order valence-electron chi connectivity index (χ4n) is 2.32. The molecular formula is C17H20N6O3S. The van der Waals surface area contributed by atoms with Crippen LogP contribution in [0.1, 0.15) is 20.8 Å². The predicted molar refractivity (Wildman–Crippen MR) is 106 cm³/mol. The number of aromatic nitrogens is 3. The maximum absolute atomic E-state index is 12.3. The van der Waals surface area contributed by atoms with Crippen molar-refractivity contribution in [2.75, 3.05) is 22.5 Å². The Morgan fingerprint density at radius 1 is 1.44 bits per heavy atom. The number of nitrogens with zero attached hydrogens (tertiary/aromatic N) is 3. The molecule has 0 spiro atoms. The molecule has 0 unspecified atom stereocenters. The average Bonchev–Trinajstić information content (AvgIpc) is 3.19. The Bertz CT molecular complexity index is 975. The number of aldehydes is 1. The van der Waals surface area contributed by atoms with E-state index in [1.807, 2.05) is 6.07 Å². The highest BCUT2D eigenvalue weighted by Crippen LogP contribution is 2.29. The summed E-state index contributed by atoms with van der Waals surface area (Å²) < 4.78 is 5.34. The number of carbonyl (C=O) groups is 2. The molecule has 0 aliphatic heterocycles. The number of hydrogen-bond acceptors (Lipinski definition) is 8. The summed E-state index contributed by atoms with van der Waals surface area (Å²) in [5.74, 6) is 1.05. The zero-order valence-corrected chi connectivity index (χ0v) is 16.0. The number of fused-ring (bicyclic) bond motifs is 1. The molecule has 142 valence electrons. The SMILES string of the molecule is CC(C)(C)OC(=O)N(CC=O)c1nc(Nc2n[nH]c3ccc(N)cc23)cs1. The summed E-state index contributed by atoms with van der Waals surface area (Å²) in [5.41, 5.74) is 6.61. The topological polar surface area (TPSA) is 126 Å². The van der Waals surface area contributed by atoms with Crippen LogP contribution in [0, 0.1) is 0 Å². The van der Waals surface area contributed by atoms with E-state index in [0.717, 1.165) is 10.9 Å². The van der Waals surface area contributed by atoms with Crippen LogP contribution in [-0.4, -0.2) is 39.7 Å². The molecule has 0 radical (unpaired) electrons. The zero-order chi connectivity index (χ0) is 19.6. The normalized spacial score (nSPS) is 11.4. The van der Waals surface area contributed by atoms with Gasteiger partial charge in [-0.15, -0.1) is 11.3 Å². The number of nitrogen functional groups attached to an aromatic ring is 1. The lowest BCUT2D eigenvalue weighted by atomic mass is 10.2. The van der Waals surface area contributed by atoms with Crippen molar-refractivity contribution in [1.29, 1.82) is 0 Å². The van der Waals surface area contributed by atoms with Gasteiger partial charge in [-0.05, 0) is 39.0 Å². The van der Waals surface area contributed by atoms with Gasteiger partial charge in [0.15, 0.2) is 10.9 Å². The van der Waals surface area contributed by atoms with E-state index in [2.05, 4.69) is 20.5 Å². The van der Waals surface area contributed by atoms with Crippen LogP contribution in [0.4, 0.5) is 27.2 Å². The minimum Gasteiger partial charge on any atom is -0.443 e. The second-order valence-electron chi connectivity index (χ2n) is 6.78. The van der Waals surface area contributed by atoms with Gasteiger partial charge in [0.25, 0.3) is 0 Å². The molecule has 1 aromatic carbocycles. The van der Waals surface area contributed by atoms with Gasteiger partial charge < -0.3 is 20.6 Å². The summed E-state index contributed by atoms with van der Waals surface area (Å²) in [4.78, 5) is 28.9. The first-order chi connectivity index (χ1) is 12.8. The van der Waals surface area contributed by atoms with Gasteiger partial charge in [0.05, 0.1) is 12.1 Å². The van der Waals surface area contributed by atoms with Crippen molar-refractivity contribution >= 4 is 57.1 Å². The molecule has 0 saturated carbocycles. The van der Waals surface area contributed by atoms with Gasteiger partial charge in [0.2, 0.25) is 0 Å². The predicted octanol–water partition coefficient (Wildman–Crippen LogP) is 3.29. The van der Waals surface area contributed by atoms with Crippen LogP contribution in [0.5, 0.6) is 0 Å². The van der Waals surface area contributed by atoms with Gasteiger partial charge in [0.1, 0.15) is 17.7 Å². The Balaban J connectivity index is 1.82. The third-order valence-electron chi connectivity index (χ3n) is 3.43. The molecule has 10 heteroatoms. The first-order valence-electron chi connectivity index (χ1n) is 8.17. The lowest BCUT2D eigenvalue weighted by Gasteiger charge is -2.24. The van der Waals surface area contributed by atoms with E-state index < -0.39 is 11.7 Å². The van der Waals surface area contributed by atoms with Crippen molar-refractivity contribution in [2.24, 2.45) is 0 Å². The highest BCUT2D eigenvalue weighted by molar-refractivity contribution is 7.14. The molecule has 27 heavy (non-hydrogen) atoms. The van der Waals surface area contributed by atoms with Gasteiger partial charge >= 0.3 is 6.09 Å². The minimum absolute atomic E-state index is 0.149. The van der Waals surface area contributed by atoms with Crippen LogP contribution in [0.25, 0.3) is 10.9 Å². The highest BCUT2D eigenvalue weighted by atomic mass is 32.1. The first kappa shape index (κ1) is 18.6. The molecule has 3 rings (SSSR count). The number of thiazole rings is 1. The van der Waals surface area contributed by atoms with Gasteiger partial charge in [-0.1, -0.05) is 0 Å². The van der Waals surface area contributed by atoms with Crippen LogP contribution in [0.3, 0.4) is 0 Å². The van der Waals surface area contributed by atoms with Crippen LogP contribution in [0.2, 0.25) is 0 Å². The summed E-state index contributed by atoms with van der Waals surface area (Å²) in [7, 11) is 0. The lowest BCUT2D eigenvalue weighted by Crippen LogP contribution is -2.37. The van der Waals surface area contributed by atoms with Crippen molar-refractivity contribution < 1.29 is 14.3 Å². The summed E-state index contributed by atoms with van der Waals surface area (Å²) >= 11 is 1.21. The maximum atomic E-state index is 12.3. The number of H-pyrrole nitrogens is 1. The number of rotatable bonds is 5. The quantitative estimate of drug-likeness (QED) is 0.452. The number of benzene rings is 1. The number of anilines is 4. The summed E-state index contributed by atoms with van der Waals surface area (Å²) in [6.45, 7) is 5.12. The number of nitrogens with two attached hydrogens (primary N) is 1. The van der Waals surface area contributed by atoms with Gasteiger partial charge in [0, 0.05) is 16.5 Å². The Hall–Kier alpha value is -3.14. The molecule has 0 fully saturated rings. The minimum atomic E-state index is -0.676. The second kappa shape index (κ2) is 7.23. The van der Waals surface area contributed by atoms with Gasteiger partial charge in [-0.25, -0.2) is 14.7 Å². The highest BCUT2D eigenvalue weighted by Gasteiger charge is 2.25. The third-order valence-corrected chi connectivity index (χ3v) is 4.29. The van der Waals surface area contributed by atoms with Crippen molar-refractivity contribution in [1.82, 2.24) is 15.2 Å². The molecule has 3 aromatic rings. The van der Waals surface area contributed by atoms with Crippen LogP contribution >= 0.6 is 11.3 Å². The summed E-state index contributed by atoms with van der Waals surface area (Å²) in [6.07, 6.45) is -0.00363. The molecule has 9 nitrogen and oxygen atoms in total. The molecule has 0 bridgehead atoms. The van der Waals surface area contributed by atoms with Crippen LogP contribution < -0.4 is 16.0 Å². The second-order valence-corrected chi connectivity index (χ2v) is 7.61. The lowest BCUT2D eigenvalue weighted by molar-refractivity contribution is -0.106. The third kappa shape index (κ3) is 4.34. The zero-order valence-electron chi connectivity index (χ0n) is 15.1. The maximum Gasteiger partial charge on any atom is 0.417 e. The van der Waals surface area contributed by atoms with Gasteiger partial charge in [-0.3, -0.25) is 5.10 Å². The van der Waals surface area contributed by atoms with E-state index in [0.29, 0.717) is 28.7 Å². The number of carbonyl (C=O) groups excluding carboxylic acids is 2. The summed E-state index contributed by atoms with van der Waals surface area (Å²) in [6, 6.07) is 5.42. The van der Waals surface area contributed by atoms with Crippen molar-refractivity contribution in [3.05, 3.63) is 23.6 Å². The van der Waals surface area contributed by atoms with Crippen LogP contribution in [0.15, 0.2) is 23.6 Å². The molecule has 2 heterocycles. The standard InChI is InChI=1S/C17H20N6O3S/c1-17(2,3)26-16(25)23(6-7-24)15-20-13(9-27-15)19-14-11-8-10(18)4-5-12(11)21-22-14/h4-5,7-9H,6,18H2,1-3H3,(H2,19,21,22). The number of aromatic amines is 1. The number of nitrogens with one attached hydrogen (secondary N) is 2. The molecule has 0 aliphatic carbocycles. The summed E-state index contributed by atoms with van der Waals surface area (Å²) in [5, 5.41) is 13.1. The number of ether oxygens (including phenoxy) is 1. The van der Waals surface area contributed by atoms with Crippen molar-refractivity contribution in [3.63, 3.8) is 0 Å². The van der Waals surface area contributed by atoms with E-state index in [1.165, 1.54) is 16.2 Å². The van der Waals surface area contributed by atoms with Crippen molar-refractivity contribution in [3.8, 4) is 0 Å². The van der Waals surface area contributed by atoms with E-state index in [9.17, 15) is 9.59 Å². The fraction of sp³-hybridized carbons (Fsp3) is 0.294. The molecule has 0 aliphatic rings. The van der Waals surface area contributed by atoms with E-state index >= 15 is 0 Å². The van der Waals surface area contributed by atoms with Crippen molar-refractivity contribution in [2.45, 2.75) is 26.4 Å². The molecule has 2 aromatic heterocycles. The van der Waals surface area contributed by atoms with Gasteiger partial charge in [-0.2, -0.15) is 5.10 Å². The Morgan fingerprint density at radius 3 is 2.93 bits per heavy atom. The first-order valence-corrected chi connectivity index (χ1v) is 9.05.